The molecule has 0 N–H and O–H groups in total. The number of hydrogen-bond acceptors (Lipinski definition) is 1. The van der Waals surface area contributed by atoms with Crippen molar-refractivity contribution in [1.29, 1.82) is 0 Å². The average Bonchev–Trinajstić information content (AvgIpc) is 3.02. The summed E-state index contributed by atoms with van der Waals surface area (Å²) in [5.41, 5.74) is 1.82. The Morgan fingerprint density at radius 2 is 1.70 bits per heavy atom. The highest BCUT2D eigenvalue weighted by Gasteiger charge is 2.60. The van der Waals surface area contributed by atoms with Crippen LogP contribution in [0.15, 0.2) is 12.2 Å². The molecular formula is C25H41NO. The molecule has 0 radical (unpaired) electrons. The van der Waals surface area contributed by atoms with E-state index in [0.717, 1.165) is 35.8 Å². The first-order valence-corrected chi connectivity index (χ1v) is 11.8. The third-order valence-corrected chi connectivity index (χ3v) is 10.1. The minimum Gasteiger partial charge on any atom is -0.342 e. The van der Waals surface area contributed by atoms with Crippen molar-refractivity contribution in [2.75, 3.05) is 13.6 Å². The molecule has 4 aliphatic carbocycles. The zero-order valence-electron chi connectivity index (χ0n) is 18.2. The molecule has 7 atom stereocenters. The summed E-state index contributed by atoms with van der Waals surface area (Å²) in [6, 6.07) is 0. The van der Waals surface area contributed by atoms with Gasteiger partial charge in [-0.1, -0.05) is 33.3 Å². The van der Waals surface area contributed by atoms with Gasteiger partial charge in [0, 0.05) is 19.2 Å². The summed E-state index contributed by atoms with van der Waals surface area (Å²) < 4.78 is 0. The smallest absolute Gasteiger partial charge is 0.249 e. The first-order chi connectivity index (χ1) is 12.8. The Kier molecular flexibility index (Phi) is 5.00. The van der Waals surface area contributed by atoms with Crippen LogP contribution in [0.4, 0.5) is 0 Å². The van der Waals surface area contributed by atoms with Gasteiger partial charge in [-0.25, -0.2) is 0 Å². The van der Waals surface area contributed by atoms with Gasteiger partial charge in [-0.3, -0.25) is 4.79 Å². The van der Waals surface area contributed by atoms with Gasteiger partial charge in [-0.15, -0.1) is 0 Å². The highest BCUT2D eigenvalue weighted by Crippen LogP contribution is 2.68. The molecule has 0 aliphatic heterocycles. The quantitative estimate of drug-likeness (QED) is 0.551. The Morgan fingerprint density at radius 1 is 0.963 bits per heavy atom. The van der Waals surface area contributed by atoms with E-state index in [-0.39, 0.29) is 5.91 Å². The van der Waals surface area contributed by atoms with Gasteiger partial charge in [0.1, 0.15) is 0 Å². The summed E-state index contributed by atoms with van der Waals surface area (Å²) in [5.74, 6) is 4.24. The molecule has 0 aromatic rings. The van der Waals surface area contributed by atoms with Gasteiger partial charge in [-0.2, -0.15) is 0 Å². The lowest BCUT2D eigenvalue weighted by Gasteiger charge is -2.60. The van der Waals surface area contributed by atoms with Crippen molar-refractivity contribution < 1.29 is 4.79 Å². The minimum atomic E-state index is 0.189. The number of rotatable bonds is 3. The van der Waals surface area contributed by atoms with E-state index in [0.29, 0.717) is 16.7 Å². The molecule has 2 nitrogen and oxygen atoms in total. The molecule has 0 bridgehead atoms. The van der Waals surface area contributed by atoms with Crippen molar-refractivity contribution in [3.05, 3.63) is 12.2 Å². The van der Waals surface area contributed by atoms with Gasteiger partial charge in [0.25, 0.3) is 0 Å². The van der Waals surface area contributed by atoms with Gasteiger partial charge in [0.2, 0.25) is 5.91 Å². The van der Waals surface area contributed by atoms with Crippen LogP contribution in [0.1, 0.15) is 85.0 Å². The predicted octanol–water partition coefficient (Wildman–Crippen LogP) is 6.07. The normalized spacial score (nSPS) is 46.1. The Balaban J connectivity index is 1.56. The number of carbonyl (C=O) groups is 1. The van der Waals surface area contributed by atoms with Crippen molar-refractivity contribution >= 4 is 5.91 Å². The van der Waals surface area contributed by atoms with Gasteiger partial charge in [0.15, 0.2) is 0 Å². The molecule has 1 amide bonds. The van der Waals surface area contributed by atoms with Crippen molar-refractivity contribution in [2.24, 2.45) is 40.4 Å². The van der Waals surface area contributed by atoms with Crippen LogP contribution in [-0.2, 0) is 4.79 Å². The maximum atomic E-state index is 12.8. The molecule has 0 aromatic heterocycles. The van der Waals surface area contributed by atoms with E-state index >= 15 is 0 Å². The Bertz CT molecular complexity index is 611. The Hall–Kier alpha value is -0.790. The lowest BCUT2D eigenvalue weighted by atomic mass is 9.44. The standard InChI is InChI=1S/C25H41NO/c1-6-26(5)23(27)17(2)20-12-13-21-19-11-10-18-9-7-8-15-24(18,3)22(19)14-16-25(20,21)4/h18-22H,2,6-16H2,1,3-5H3/t18?,19-,20?,21-,22+,24-,25+/m0/s1. The van der Waals surface area contributed by atoms with E-state index in [4.69, 9.17) is 0 Å². The molecule has 0 saturated heterocycles. The van der Waals surface area contributed by atoms with E-state index in [9.17, 15) is 4.79 Å². The highest BCUT2D eigenvalue weighted by molar-refractivity contribution is 5.93. The summed E-state index contributed by atoms with van der Waals surface area (Å²) in [7, 11) is 1.92. The number of likely N-dealkylation sites (N-methyl/N-ethyl adjacent to an activating group) is 1. The third-order valence-electron chi connectivity index (χ3n) is 10.1. The number of fused-ring (bicyclic) bond motifs is 5. The molecule has 27 heavy (non-hydrogen) atoms. The van der Waals surface area contributed by atoms with E-state index in [1.54, 1.807) is 0 Å². The zero-order valence-corrected chi connectivity index (χ0v) is 18.2. The fourth-order valence-electron chi connectivity index (χ4n) is 8.41. The maximum absolute atomic E-state index is 12.8. The van der Waals surface area contributed by atoms with Crippen LogP contribution in [0.2, 0.25) is 0 Å². The molecule has 4 saturated carbocycles. The molecule has 4 fully saturated rings. The molecule has 4 aliphatic rings. The van der Waals surface area contributed by atoms with Crippen LogP contribution in [0.3, 0.4) is 0 Å². The highest BCUT2D eigenvalue weighted by atomic mass is 16.2. The van der Waals surface area contributed by atoms with Crippen molar-refractivity contribution in [2.45, 2.75) is 85.0 Å². The second-order valence-electron chi connectivity index (χ2n) is 10.9. The van der Waals surface area contributed by atoms with E-state index in [1.165, 1.54) is 64.2 Å². The molecule has 2 heteroatoms. The second kappa shape index (κ2) is 6.92. The summed E-state index contributed by atoms with van der Waals surface area (Å²) in [6.45, 7) is 12.3. The van der Waals surface area contributed by atoms with Crippen LogP contribution in [0.25, 0.3) is 0 Å². The molecule has 2 unspecified atom stereocenters. The average molecular weight is 372 g/mol. The lowest BCUT2D eigenvalue weighted by Crippen LogP contribution is -2.53. The van der Waals surface area contributed by atoms with Crippen LogP contribution in [0.5, 0.6) is 0 Å². The van der Waals surface area contributed by atoms with Crippen molar-refractivity contribution in [1.82, 2.24) is 4.90 Å². The minimum absolute atomic E-state index is 0.189. The number of carbonyl (C=O) groups excluding carboxylic acids is 1. The Labute approximate surface area is 167 Å². The van der Waals surface area contributed by atoms with Crippen molar-refractivity contribution in [3.63, 3.8) is 0 Å². The third kappa shape index (κ3) is 2.84. The van der Waals surface area contributed by atoms with E-state index in [1.807, 2.05) is 11.9 Å². The molecule has 0 aromatic carbocycles. The summed E-state index contributed by atoms with van der Waals surface area (Å²) in [5, 5.41) is 0. The number of amides is 1. The van der Waals surface area contributed by atoms with E-state index in [2.05, 4.69) is 27.4 Å². The topological polar surface area (TPSA) is 20.3 Å². The Morgan fingerprint density at radius 3 is 2.44 bits per heavy atom. The SMILES string of the molecule is C=C(C(=O)N(C)CC)C1CC[C@H]2[C@@H]3CCC4CCCC[C@]4(C)[C@@H]3CC[C@]12C. The largest absolute Gasteiger partial charge is 0.342 e. The van der Waals surface area contributed by atoms with Gasteiger partial charge in [0.05, 0.1) is 0 Å². The van der Waals surface area contributed by atoms with Crippen LogP contribution in [-0.4, -0.2) is 24.4 Å². The van der Waals surface area contributed by atoms with Gasteiger partial charge < -0.3 is 4.90 Å². The summed E-state index contributed by atoms with van der Waals surface area (Å²) in [4.78, 5) is 14.7. The van der Waals surface area contributed by atoms with Gasteiger partial charge in [-0.05, 0) is 98.7 Å². The summed E-state index contributed by atoms with van der Waals surface area (Å²) >= 11 is 0. The molecule has 4 rings (SSSR count). The van der Waals surface area contributed by atoms with Crippen LogP contribution >= 0.6 is 0 Å². The molecule has 152 valence electrons. The van der Waals surface area contributed by atoms with Gasteiger partial charge >= 0.3 is 0 Å². The number of nitrogens with zero attached hydrogens (tertiary/aromatic N) is 1. The lowest BCUT2D eigenvalue weighted by molar-refractivity contribution is -0.128. The first kappa shape index (κ1) is 19.5. The van der Waals surface area contributed by atoms with Crippen molar-refractivity contribution in [3.8, 4) is 0 Å². The van der Waals surface area contributed by atoms with Crippen LogP contribution in [0, 0.1) is 40.4 Å². The molecule has 0 spiro atoms. The summed E-state index contributed by atoms with van der Waals surface area (Å²) in [6.07, 6.45) is 14.0. The molecular weight excluding hydrogens is 330 g/mol. The number of hydrogen-bond donors (Lipinski definition) is 0. The van der Waals surface area contributed by atoms with E-state index < -0.39 is 0 Å². The van der Waals surface area contributed by atoms with Crippen LogP contribution < -0.4 is 0 Å². The zero-order chi connectivity index (χ0) is 19.4. The fourth-order valence-corrected chi connectivity index (χ4v) is 8.41. The fraction of sp³-hybridized carbons (Fsp3) is 0.880. The molecule has 0 heterocycles. The second-order valence-corrected chi connectivity index (χ2v) is 10.9. The first-order valence-electron chi connectivity index (χ1n) is 11.8. The predicted molar refractivity (Wildman–Crippen MR) is 112 cm³/mol. The monoisotopic (exact) mass is 371 g/mol. The maximum Gasteiger partial charge on any atom is 0.249 e.